The summed E-state index contributed by atoms with van der Waals surface area (Å²) in [7, 11) is 0. The summed E-state index contributed by atoms with van der Waals surface area (Å²) in [6, 6.07) is 5.98. The quantitative estimate of drug-likeness (QED) is 0.440. The van der Waals surface area contributed by atoms with Crippen LogP contribution in [0.4, 0.5) is 0 Å². The number of carbonyl (C=O) groups excluding carboxylic acids is 1. The van der Waals surface area contributed by atoms with Crippen LogP contribution in [0.1, 0.15) is 37.8 Å². The third kappa shape index (κ3) is 4.31. The maximum absolute atomic E-state index is 12.0. The highest BCUT2D eigenvalue weighted by atomic mass is 32.2. The van der Waals surface area contributed by atoms with Crippen LogP contribution in [0.15, 0.2) is 23.4 Å². The summed E-state index contributed by atoms with van der Waals surface area (Å²) >= 11 is 1.30. The molecule has 1 aromatic carbocycles. The third-order valence-corrected chi connectivity index (χ3v) is 4.61. The normalized spacial score (nSPS) is 12.2. The van der Waals surface area contributed by atoms with Gasteiger partial charge in [-0.15, -0.1) is 5.10 Å². The Balaban J connectivity index is 2.12. The van der Waals surface area contributed by atoms with E-state index in [-0.39, 0.29) is 11.2 Å². The fourth-order valence-corrected chi connectivity index (χ4v) is 2.81. The van der Waals surface area contributed by atoms with E-state index in [0.717, 1.165) is 24.1 Å². The first-order valence-electron chi connectivity index (χ1n) is 7.72. The Morgan fingerprint density at radius 3 is 2.91 bits per heavy atom. The molecule has 0 aliphatic rings. The Labute approximate surface area is 140 Å². The van der Waals surface area contributed by atoms with Crippen LogP contribution >= 0.6 is 11.8 Å². The number of unbranched alkanes of at least 4 members (excludes halogenated alkanes) is 1. The zero-order chi connectivity index (χ0) is 16.8. The van der Waals surface area contributed by atoms with Crippen molar-refractivity contribution in [2.24, 2.45) is 0 Å². The topological polar surface area (TPSA) is 69.9 Å². The molecule has 0 saturated carbocycles. The second-order valence-corrected chi connectivity index (χ2v) is 6.68. The average molecular weight is 334 g/mol. The van der Waals surface area contributed by atoms with Crippen LogP contribution in [0.2, 0.25) is 0 Å². The minimum atomic E-state index is -0.360. The summed E-state index contributed by atoms with van der Waals surface area (Å²) in [5.41, 5.74) is 3.20. The van der Waals surface area contributed by atoms with Crippen molar-refractivity contribution in [2.45, 2.75) is 50.9 Å². The molecule has 1 unspecified atom stereocenters. The van der Waals surface area contributed by atoms with Crippen LogP contribution in [0.25, 0.3) is 5.69 Å². The molecule has 0 aliphatic heterocycles. The van der Waals surface area contributed by atoms with E-state index in [2.05, 4.69) is 22.4 Å². The van der Waals surface area contributed by atoms with Gasteiger partial charge < -0.3 is 4.74 Å². The summed E-state index contributed by atoms with van der Waals surface area (Å²) in [5.74, 6) is -0.237. The summed E-state index contributed by atoms with van der Waals surface area (Å²) in [6.07, 6.45) is 1.88. The number of aryl methyl sites for hydroxylation is 1. The van der Waals surface area contributed by atoms with Crippen molar-refractivity contribution in [2.75, 3.05) is 6.61 Å². The summed E-state index contributed by atoms with van der Waals surface area (Å²) in [5, 5.41) is 12.1. The first kappa shape index (κ1) is 17.5. The van der Waals surface area contributed by atoms with E-state index in [0.29, 0.717) is 11.8 Å². The highest BCUT2D eigenvalue weighted by Crippen LogP contribution is 2.25. The molecule has 7 heteroatoms. The third-order valence-electron chi connectivity index (χ3n) is 3.60. The van der Waals surface area contributed by atoms with E-state index >= 15 is 0 Å². The number of aromatic nitrogens is 4. The molecule has 124 valence electrons. The zero-order valence-corrected chi connectivity index (χ0v) is 14.8. The van der Waals surface area contributed by atoms with Gasteiger partial charge in [-0.25, -0.2) is 0 Å². The van der Waals surface area contributed by atoms with Crippen LogP contribution in [0.5, 0.6) is 0 Å². The summed E-state index contributed by atoms with van der Waals surface area (Å²) in [6.45, 7) is 8.40. The van der Waals surface area contributed by atoms with Crippen LogP contribution in [0.3, 0.4) is 0 Å². The predicted molar refractivity (Wildman–Crippen MR) is 89.8 cm³/mol. The van der Waals surface area contributed by atoms with Gasteiger partial charge in [0.25, 0.3) is 0 Å². The smallest absolute Gasteiger partial charge is 0.319 e. The van der Waals surface area contributed by atoms with E-state index in [9.17, 15) is 4.79 Å². The number of esters is 1. The lowest BCUT2D eigenvalue weighted by atomic mass is 10.1. The SMILES string of the molecule is CCCCOC(=O)C(C)Sc1nnnn1-c1cccc(C)c1C. The molecule has 1 atom stereocenters. The van der Waals surface area contributed by atoms with Gasteiger partial charge >= 0.3 is 5.97 Å². The van der Waals surface area contributed by atoms with Gasteiger partial charge in [-0.3, -0.25) is 4.79 Å². The monoisotopic (exact) mass is 334 g/mol. The predicted octanol–water partition coefficient (Wildman–Crippen LogP) is 3.10. The van der Waals surface area contributed by atoms with E-state index in [1.807, 2.05) is 32.0 Å². The van der Waals surface area contributed by atoms with Gasteiger partial charge in [0.2, 0.25) is 5.16 Å². The molecule has 1 aromatic heterocycles. The zero-order valence-electron chi connectivity index (χ0n) is 13.9. The van der Waals surface area contributed by atoms with Gasteiger partial charge in [-0.2, -0.15) is 4.68 Å². The summed E-state index contributed by atoms with van der Waals surface area (Å²) in [4.78, 5) is 12.0. The van der Waals surface area contributed by atoms with E-state index in [1.54, 1.807) is 11.6 Å². The minimum absolute atomic E-state index is 0.237. The van der Waals surface area contributed by atoms with E-state index < -0.39 is 0 Å². The van der Waals surface area contributed by atoms with Gasteiger partial charge in [0.05, 0.1) is 12.3 Å². The van der Waals surface area contributed by atoms with Crippen LogP contribution in [0, 0.1) is 13.8 Å². The molecular weight excluding hydrogens is 312 g/mol. The van der Waals surface area contributed by atoms with Gasteiger partial charge in [-0.05, 0) is 54.8 Å². The van der Waals surface area contributed by atoms with Crippen LogP contribution in [-0.2, 0) is 9.53 Å². The molecule has 2 rings (SSSR count). The molecule has 2 aromatic rings. The van der Waals surface area contributed by atoms with Gasteiger partial charge in [-0.1, -0.05) is 37.2 Å². The van der Waals surface area contributed by atoms with Gasteiger partial charge in [0, 0.05) is 0 Å². The van der Waals surface area contributed by atoms with Crippen molar-refractivity contribution in [3.8, 4) is 5.69 Å². The Kier molecular flexibility index (Phi) is 6.15. The number of thioether (sulfide) groups is 1. The van der Waals surface area contributed by atoms with Crippen molar-refractivity contribution in [1.29, 1.82) is 0 Å². The van der Waals surface area contributed by atoms with E-state index in [4.69, 9.17) is 4.74 Å². The number of tetrazole rings is 1. The maximum atomic E-state index is 12.0. The Bertz CT molecular complexity index is 672. The Morgan fingerprint density at radius 2 is 2.17 bits per heavy atom. The Hall–Kier alpha value is -1.89. The number of benzene rings is 1. The molecule has 0 amide bonds. The number of hydrogen-bond donors (Lipinski definition) is 0. The lowest BCUT2D eigenvalue weighted by molar-refractivity contribution is -0.142. The molecule has 6 nitrogen and oxygen atoms in total. The molecule has 0 radical (unpaired) electrons. The van der Waals surface area contributed by atoms with E-state index in [1.165, 1.54) is 17.3 Å². The number of nitrogens with zero attached hydrogens (tertiary/aromatic N) is 4. The largest absolute Gasteiger partial charge is 0.465 e. The van der Waals surface area contributed by atoms with Crippen LogP contribution < -0.4 is 0 Å². The van der Waals surface area contributed by atoms with Crippen LogP contribution in [-0.4, -0.2) is 38.0 Å². The second kappa shape index (κ2) is 8.10. The number of carbonyl (C=O) groups is 1. The molecular formula is C16H22N4O2S. The Morgan fingerprint density at radius 1 is 1.39 bits per heavy atom. The second-order valence-electron chi connectivity index (χ2n) is 5.37. The fraction of sp³-hybridized carbons (Fsp3) is 0.500. The van der Waals surface area contributed by atoms with Gasteiger partial charge in [0.15, 0.2) is 0 Å². The molecule has 0 bridgehead atoms. The first-order valence-corrected chi connectivity index (χ1v) is 8.60. The summed E-state index contributed by atoms with van der Waals surface area (Å²) < 4.78 is 6.91. The number of hydrogen-bond acceptors (Lipinski definition) is 6. The molecule has 1 heterocycles. The van der Waals surface area contributed by atoms with Gasteiger partial charge in [0.1, 0.15) is 5.25 Å². The average Bonchev–Trinajstić information content (AvgIpc) is 2.98. The van der Waals surface area contributed by atoms with Crippen molar-refractivity contribution in [3.63, 3.8) is 0 Å². The molecule has 0 aliphatic carbocycles. The maximum Gasteiger partial charge on any atom is 0.319 e. The lowest BCUT2D eigenvalue weighted by Crippen LogP contribution is -2.18. The van der Waals surface area contributed by atoms with Crippen molar-refractivity contribution < 1.29 is 9.53 Å². The van der Waals surface area contributed by atoms with Crippen molar-refractivity contribution in [3.05, 3.63) is 29.3 Å². The highest BCUT2D eigenvalue weighted by Gasteiger charge is 2.21. The van der Waals surface area contributed by atoms with Crippen molar-refractivity contribution in [1.82, 2.24) is 20.2 Å². The van der Waals surface area contributed by atoms with Crippen molar-refractivity contribution >= 4 is 17.7 Å². The number of rotatable bonds is 7. The molecule has 0 N–H and O–H groups in total. The first-order chi connectivity index (χ1) is 11.0. The highest BCUT2D eigenvalue weighted by molar-refractivity contribution is 8.00. The minimum Gasteiger partial charge on any atom is -0.465 e. The standard InChI is InChI=1S/C16H22N4O2S/c1-5-6-10-22-15(21)13(4)23-16-17-18-19-20(16)14-9-7-8-11(2)12(14)3/h7-9,13H,5-6,10H2,1-4H3. The number of ether oxygens (including phenoxy) is 1. The molecule has 23 heavy (non-hydrogen) atoms. The molecule has 0 fully saturated rings. The molecule has 0 saturated heterocycles. The lowest BCUT2D eigenvalue weighted by Gasteiger charge is -2.12. The fourth-order valence-electron chi connectivity index (χ4n) is 2.01. The molecule has 0 spiro atoms.